The lowest BCUT2D eigenvalue weighted by Crippen LogP contribution is -2.24. The van der Waals surface area contributed by atoms with Crippen molar-refractivity contribution in [2.24, 2.45) is 0 Å². The second-order valence-corrected chi connectivity index (χ2v) is 3.85. The fraction of sp³-hybridized carbons (Fsp3) is 0.167. The van der Waals surface area contributed by atoms with E-state index in [1.807, 2.05) is 30.3 Å². The van der Waals surface area contributed by atoms with Crippen molar-refractivity contribution in [1.82, 2.24) is 9.78 Å². The van der Waals surface area contributed by atoms with Crippen molar-refractivity contribution >= 4 is 11.6 Å². The molecule has 1 aromatic carbocycles. The third kappa shape index (κ3) is 2.47. The Hall–Kier alpha value is -1.81. The van der Waals surface area contributed by atoms with Gasteiger partial charge in [-0.25, -0.2) is 4.68 Å². The molecule has 0 fully saturated rings. The standard InChI is InChI=1S/C12H11ClN2O2/c1-17-10-7-14-15(12(16)11(10)13)8-9-5-3-2-4-6-9/h2-7H,8H2,1H3. The summed E-state index contributed by atoms with van der Waals surface area (Å²) in [6.45, 7) is 0.392. The first-order valence-corrected chi connectivity index (χ1v) is 5.43. The van der Waals surface area contributed by atoms with Crippen molar-refractivity contribution in [3.8, 4) is 5.75 Å². The van der Waals surface area contributed by atoms with Crippen LogP contribution in [0.3, 0.4) is 0 Å². The van der Waals surface area contributed by atoms with Crippen molar-refractivity contribution < 1.29 is 4.74 Å². The molecule has 0 atom stereocenters. The number of halogens is 1. The summed E-state index contributed by atoms with van der Waals surface area (Å²) < 4.78 is 6.23. The number of benzene rings is 1. The largest absolute Gasteiger partial charge is 0.493 e. The summed E-state index contributed by atoms with van der Waals surface area (Å²) in [5.74, 6) is 0.293. The van der Waals surface area contributed by atoms with Gasteiger partial charge in [0.15, 0.2) is 10.8 Å². The van der Waals surface area contributed by atoms with E-state index in [9.17, 15) is 4.79 Å². The maximum absolute atomic E-state index is 11.8. The minimum Gasteiger partial charge on any atom is -0.493 e. The highest BCUT2D eigenvalue weighted by molar-refractivity contribution is 6.31. The molecule has 1 aromatic heterocycles. The molecule has 4 nitrogen and oxygen atoms in total. The normalized spacial score (nSPS) is 10.2. The van der Waals surface area contributed by atoms with Crippen LogP contribution in [0.4, 0.5) is 0 Å². The molecule has 2 aromatic rings. The van der Waals surface area contributed by atoms with E-state index in [0.29, 0.717) is 12.3 Å². The minimum atomic E-state index is -0.352. The zero-order valence-electron chi connectivity index (χ0n) is 9.26. The third-order valence-corrected chi connectivity index (χ3v) is 2.70. The van der Waals surface area contributed by atoms with Crippen LogP contribution in [0.1, 0.15) is 5.56 Å². The van der Waals surface area contributed by atoms with Gasteiger partial charge in [-0.15, -0.1) is 0 Å². The number of methoxy groups -OCH3 is 1. The molecule has 0 aliphatic heterocycles. The Labute approximate surface area is 103 Å². The fourth-order valence-corrected chi connectivity index (χ4v) is 1.68. The molecule has 0 bridgehead atoms. The minimum absolute atomic E-state index is 0.0541. The van der Waals surface area contributed by atoms with Gasteiger partial charge in [0.25, 0.3) is 5.56 Å². The SMILES string of the molecule is COc1cnn(Cc2ccccc2)c(=O)c1Cl. The Morgan fingerprint density at radius 1 is 1.35 bits per heavy atom. The summed E-state index contributed by atoms with van der Waals surface area (Å²) in [6, 6.07) is 9.58. The first-order chi connectivity index (χ1) is 8.22. The van der Waals surface area contributed by atoms with Crippen molar-refractivity contribution in [1.29, 1.82) is 0 Å². The molecule has 0 N–H and O–H groups in total. The highest BCUT2D eigenvalue weighted by Gasteiger charge is 2.09. The van der Waals surface area contributed by atoms with Crippen molar-refractivity contribution in [3.05, 3.63) is 57.5 Å². The predicted octanol–water partition coefficient (Wildman–Crippen LogP) is 1.95. The zero-order chi connectivity index (χ0) is 12.3. The van der Waals surface area contributed by atoms with Crippen LogP contribution in [0.15, 0.2) is 41.3 Å². The molecule has 1 heterocycles. The van der Waals surface area contributed by atoms with Crippen LogP contribution < -0.4 is 10.3 Å². The molecular weight excluding hydrogens is 240 g/mol. The molecule has 2 rings (SSSR count). The van der Waals surface area contributed by atoms with Gasteiger partial charge in [-0.3, -0.25) is 4.79 Å². The molecule has 0 saturated carbocycles. The van der Waals surface area contributed by atoms with Gasteiger partial charge in [0.05, 0.1) is 19.9 Å². The maximum Gasteiger partial charge on any atom is 0.289 e. The highest BCUT2D eigenvalue weighted by atomic mass is 35.5. The molecule has 0 aliphatic carbocycles. The summed E-state index contributed by atoms with van der Waals surface area (Å²) in [4.78, 5) is 11.8. The third-order valence-electron chi connectivity index (χ3n) is 2.35. The monoisotopic (exact) mass is 250 g/mol. The van der Waals surface area contributed by atoms with E-state index in [1.165, 1.54) is 18.0 Å². The first kappa shape index (κ1) is 11.7. The first-order valence-electron chi connectivity index (χ1n) is 5.06. The van der Waals surface area contributed by atoms with E-state index in [2.05, 4.69) is 5.10 Å². The number of hydrogen-bond donors (Lipinski definition) is 0. The molecule has 0 saturated heterocycles. The average molecular weight is 251 g/mol. The molecule has 88 valence electrons. The summed E-state index contributed by atoms with van der Waals surface area (Å²) in [7, 11) is 1.45. The predicted molar refractivity (Wildman–Crippen MR) is 65.6 cm³/mol. The van der Waals surface area contributed by atoms with E-state index < -0.39 is 0 Å². The Morgan fingerprint density at radius 3 is 2.71 bits per heavy atom. The van der Waals surface area contributed by atoms with E-state index in [-0.39, 0.29) is 10.6 Å². The van der Waals surface area contributed by atoms with Gasteiger partial charge >= 0.3 is 0 Å². The Bertz CT molecular complexity index is 566. The topological polar surface area (TPSA) is 44.1 Å². The van der Waals surface area contributed by atoms with Crippen LogP contribution in [0, 0.1) is 0 Å². The smallest absolute Gasteiger partial charge is 0.289 e. The second-order valence-electron chi connectivity index (χ2n) is 3.48. The molecule has 0 radical (unpaired) electrons. The second kappa shape index (κ2) is 5.01. The van der Waals surface area contributed by atoms with E-state index in [0.717, 1.165) is 5.56 Å². The lowest BCUT2D eigenvalue weighted by Gasteiger charge is -2.07. The van der Waals surface area contributed by atoms with Gasteiger partial charge in [-0.2, -0.15) is 5.10 Å². The summed E-state index contributed by atoms with van der Waals surface area (Å²) >= 11 is 5.87. The molecule has 0 spiro atoms. The van der Waals surface area contributed by atoms with E-state index in [1.54, 1.807) is 0 Å². The number of hydrogen-bond acceptors (Lipinski definition) is 3. The van der Waals surface area contributed by atoms with Crippen LogP contribution >= 0.6 is 11.6 Å². The number of rotatable bonds is 3. The van der Waals surface area contributed by atoms with Crippen molar-refractivity contribution in [2.75, 3.05) is 7.11 Å². The van der Waals surface area contributed by atoms with Gasteiger partial charge in [0.1, 0.15) is 0 Å². The van der Waals surface area contributed by atoms with Crippen molar-refractivity contribution in [3.63, 3.8) is 0 Å². The van der Waals surface area contributed by atoms with Gasteiger partial charge < -0.3 is 4.74 Å². The van der Waals surface area contributed by atoms with Crippen LogP contribution in [0.5, 0.6) is 5.75 Å². The van der Waals surface area contributed by atoms with Crippen LogP contribution in [0.2, 0.25) is 5.02 Å². The number of nitrogens with zero attached hydrogens (tertiary/aromatic N) is 2. The Kier molecular flexibility index (Phi) is 3.44. The summed E-state index contributed by atoms with van der Waals surface area (Å²) in [5, 5.41) is 4.05. The number of aromatic nitrogens is 2. The summed E-state index contributed by atoms with van der Waals surface area (Å²) in [6.07, 6.45) is 1.44. The van der Waals surface area contributed by atoms with E-state index >= 15 is 0 Å². The quantitative estimate of drug-likeness (QED) is 0.836. The lowest BCUT2D eigenvalue weighted by molar-refractivity contribution is 0.407. The van der Waals surface area contributed by atoms with Gasteiger partial charge in [-0.05, 0) is 5.56 Å². The lowest BCUT2D eigenvalue weighted by atomic mass is 10.2. The maximum atomic E-state index is 11.8. The highest BCUT2D eigenvalue weighted by Crippen LogP contribution is 2.17. The van der Waals surface area contributed by atoms with Crippen LogP contribution in [0.25, 0.3) is 0 Å². The zero-order valence-corrected chi connectivity index (χ0v) is 10.0. The Balaban J connectivity index is 2.35. The fourth-order valence-electron chi connectivity index (χ4n) is 1.46. The van der Waals surface area contributed by atoms with Gasteiger partial charge in [-0.1, -0.05) is 41.9 Å². The molecular formula is C12H11ClN2O2. The van der Waals surface area contributed by atoms with Gasteiger partial charge in [0, 0.05) is 0 Å². The summed E-state index contributed by atoms with van der Waals surface area (Å²) in [5.41, 5.74) is 0.637. The molecule has 0 aliphatic rings. The number of ether oxygens (including phenoxy) is 1. The van der Waals surface area contributed by atoms with Crippen LogP contribution in [-0.2, 0) is 6.54 Å². The molecule has 0 unspecified atom stereocenters. The van der Waals surface area contributed by atoms with Crippen molar-refractivity contribution in [2.45, 2.75) is 6.54 Å². The molecule has 17 heavy (non-hydrogen) atoms. The Morgan fingerprint density at radius 2 is 2.06 bits per heavy atom. The van der Waals surface area contributed by atoms with Gasteiger partial charge in [0.2, 0.25) is 0 Å². The average Bonchev–Trinajstić information content (AvgIpc) is 2.37. The molecule has 5 heteroatoms. The van der Waals surface area contributed by atoms with Crippen LogP contribution in [-0.4, -0.2) is 16.9 Å². The van der Waals surface area contributed by atoms with E-state index in [4.69, 9.17) is 16.3 Å². The molecule has 0 amide bonds.